The minimum absolute atomic E-state index is 0.396. The molecule has 0 bridgehead atoms. The Labute approximate surface area is 67.5 Å². The molecule has 2 aliphatic rings. The van der Waals surface area contributed by atoms with E-state index in [-0.39, 0.29) is 0 Å². The van der Waals surface area contributed by atoms with Crippen molar-refractivity contribution in [2.45, 2.75) is 26.7 Å². The predicted molar refractivity (Wildman–Crippen MR) is 44.1 cm³/mol. The lowest BCUT2D eigenvalue weighted by Crippen LogP contribution is -2.32. The highest BCUT2D eigenvalue weighted by molar-refractivity contribution is 5.89. The fourth-order valence-electron chi connectivity index (χ4n) is 2.07. The average Bonchev–Trinajstić information content (AvgIpc) is 2.26. The van der Waals surface area contributed by atoms with E-state index >= 15 is 0 Å². The lowest BCUT2D eigenvalue weighted by molar-refractivity contribution is -0.131. The smallest absolute Gasteiger partial charge is 0.137 e. The summed E-state index contributed by atoms with van der Waals surface area (Å²) in [6.45, 7) is 4.42. The molecule has 0 amide bonds. The molecule has 1 saturated carbocycles. The number of rotatable bonds is 1. The molecule has 1 fully saturated rings. The van der Waals surface area contributed by atoms with E-state index in [0.717, 1.165) is 12.8 Å². The molecule has 2 rings (SSSR count). The first-order valence-corrected chi connectivity index (χ1v) is 4.42. The molecule has 0 N–H and O–H groups in total. The number of ketones is 1. The Hall–Kier alpha value is -0.590. The first-order valence-electron chi connectivity index (χ1n) is 4.42. The molecule has 0 aromatic rings. The van der Waals surface area contributed by atoms with Crippen molar-refractivity contribution in [3.8, 4) is 0 Å². The Kier molecular flexibility index (Phi) is 1.41. The van der Waals surface area contributed by atoms with E-state index in [4.69, 9.17) is 0 Å². The first-order chi connectivity index (χ1) is 5.18. The topological polar surface area (TPSA) is 17.1 Å². The number of carbonyl (C=O) groups excluding carboxylic acids is 1. The van der Waals surface area contributed by atoms with Crippen LogP contribution in [0.15, 0.2) is 11.6 Å². The van der Waals surface area contributed by atoms with Crippen molar-refractivity contribution >= 4 is 5.78 Å². The maximum Gasteiger partial charge on any atom is 0.137 e. The highest BCUT2D eigenvalue weighted by Crippen LogP contribution is 2.44. The molecule has 1 nitrogen and oxygen atoms in total. The number of allylic oxidation sites excluding steroid dienone is 2. The molecule has 0 radical (unpaired) electrons. The van der Waals surface area contributed by atoms with E-state index in [1.165, 1.54) is 5.57 Å². The molecule has 0 aromatic heterocycles. The van der Waals surface area contributed by atoms with Crippen molar-refractivity contribution in [2.24, 2.45) is 17.8 Å². The van der Waals surface area contributed by atoms with Gasteiger partial charge in [0.1, 0.15) is 5.78 Å². The van der Waals surface area contributed by atoms with E-state index in [9.17, 15) is 4.79 Å². The zero-order valence-electron chi connectivity index (χ0n) is 7.13. The van der Waals surface area contributed by atoms with Gasteiger partial charge in [-0.2, -0.15) is 0 Å². The van der Waals surface area contributed by atoms with Gasteiger partial charge in [-0.25, -0.2) is 0 Å². The predicted octanol–water partition coefficient (Wildman–Crippen LogP) is 2.18. The standard InChI is InChI=1S/C10H14O/c1-6(2)7-3-8-5-10(11)9(8)4-7/h3,6,8-9H,4-5H2,1-2H3. The number of fused-ring (bicyclic) bond motifs is 1. The number of Topliss-reactive ketones (excluding diaryl/α,β-unsaturated/α-hetero) is 1. The maximum atomic E-state index is 11.0. The Bertz CT molecular complexity index is 225. The van der Waals surface area contributed by atoms with Crippen LogP contribution in [-0.4, -0.2) is 5.78 Å². The molecule has 0 aromatic carbocycles. The fourth-order valence-corrected chi connectivity index (χ4v) is 2.07. The molecule has 0 spiro atoms. The summed E-state index contributed by atoms with van der Waals surface area (Å²) in [6, 6.07) is 0. The zero-order valence-corrected chi connectivity index (χ0v) is 7.13. The lowest BCUT2D eigenvalue weighted by Gasteiger charge is -2.27. The molecular formula is C10H14O. The van der Waals surface area contributed by atoms with Crippen LogP contribution in [0.5, 0.6) is 0 Å². The van der Waals surface area contributed by atoms with Crippen LogP contribution >= 0.6 is 0 Å². The third kappa shape index (κ3) is 0.943. The summed E-state index contributed by atoms with van der Waals surface area (Å²) in [6.07, 6.45) is 4.21. The van der Waals surface area contributed by atoms with Crippen LogP contribution in [0.25, 0.3) is 0 Å². The lowest BCUT2D eigenvalue weighted by atomic mass is 9.74. The number of hydrogen-bond acceptors (Lipinski definition) is 1. The van der Waals surface area contributed by atoms with Gasteiger partial charge in [0, 0.05) is 12.3 Å². The summed E-state index contributed by atoms with van der Waals surface area (Å²) >= 11 is 0. The quantitative estimate of drug-likeness (QED) is 0.523. The SMILES string of the molecule is CC(C)C1=CC2CC(=O)C2C1. The fraction of sp³-hybridized carbons (Fsp3) is 0.700. The molecule has 0 saturated heterocycles. The second-order valence-electron chi connectivity index (χ2n) is 4.04. The maximum absolute atomic E-state index is 11.0. The van der Waals surface area contributed by atoms with Crippen LogP contribution in [0.3, 0.4) is 0 Å². The van der Waals surface area contributed by atoms with Gasteiger partial charge >= 0.3 is 0 Å². The summed E-state index contributed by atoms with van der Waals surface area (Å²) < 4.78 is 0. The van der Waals surface area contributed by atoms with E-state index in [1.807, 2.05) is 0 Å². The molecule has 0 heterocycles. The van der Waals surface area contributed by atoms with Gasteiger partial charge in [-0.3, -0.25) is 4.79 Å². The Morgan fingerprint density at radius 2 is 2.18 bits per heavy atom. The largest absolute Gasteiger partial charge is 0.299 e. The van der Waals surface area contributed by atoms with Crippen molar-refractivity contribution in [1.82, 2.24) is 0 Å². The summed E-state index contributed by atoms with van der Waals surface area (Å²) in [5, 5.41) is 0. The van der Waals surface area contributed by atoms with Gasteiger partial charge < -0.3 is 0 Å². The van der Waals surface area contributed by atoms with Crippen LogP contribution in [-0.2, 0) is 4.79 Å². The third-order valence-electron chi connectivity index (χ3n) is 2.99. The third-order valence-corrected chi connectivity index (χ3v) is 2.99. The van der Waals surface area contributed by atoms with Crippen LogP contribution in [0.4, 0.5) is 0 Å². The van der Waals surface area contributed by atoms with Crippen LogP contribution in [0, 0.1) is 17.8 Å². The van der Waals surface area contributed by atoms with Crippen molar-refractivity contribution in [3.63, 3.8) is 0 Å². The van der Waals surface area contributed by atoms with Crippen LogP contribution in [0.2, 0.25) is 0 Å². The molecule has 0 aliphatic heterocycles. The summed E-state index contributed by atoms with van der Waals surface area (Å²) in [5.74, 6) is 2.16. The highest BCUT2D eigenvalue weighted by atomic mass is 16.1. The molecule has 2 atom stereocenters. The van der Waals surface area contributed by atoms with Crippen molar-refractivity contribution in [3.05, 3.63) is 11.6 Å². The summed E-state index contributed by atoms with van der Waals surface area (Å²) in [5.41, 5.74) is 1.51. The van der Waals surface area contributed by atoms with Gasteiger partial charge in [-0.05, 0) is 18.3 Å². The van der Waals surface area contributed by atoms with E-state index in [0.29, 0.717) is 23.5 Å². The molecular weight excluding hydrogens is 136 g/mol. The van der Waals surface area contributed by atoms with Crippen molar-refractivity contribution in [1.29, 1.82) is 0 Å². The van der Waals surface area contributed by atoms with Gasteiger partial charge in [0.25, 0.3) is 0 Å². The van der Waals surface area contributed by atoms with Gasteiger partial charge in [0.05, 0.1) is 0 Å². The second-order valence-corrected chi connectivity index (χ2v) is 4.04. The number of carbonyl (C=O) groups is 1. The van der Waals surface area contributed by atoms with E-state index < -0.39 is 0 Å². The average molecular weight is 150 g/mol. The van der Waals surface area contributed by atoms with Crippen LogP contribution in [0.1, 0.15) is 26.7 Å². The van der Waals surface area contributed by atoms with Gasteiger partial charge in [-0.15, -0.1) is 0 Å². The highest BCUT2D eigenvalue weighted by Gasteiger charge is 2.42. The van der Waals surface area contributed by atoms with Crippen molar-refractivity contribution in [2.75, 3.05) is 0 Å². The molecule has 1 heteroatoms. The zero-order chi connectivity index (χ0) is 8.01. The molecule has 2 aliphatic carbocycles. The molecule has 11 heavy (non-hydrogen) atoms. The summed E-state index contributed by atoms with van der Waals surface area (Å²) in [4.78, 5) is 11.0. The Balaban J connectivity index is 2.09. The van der Waals surface area contributed by atoms with E-state index in [1.54, 1.807) is 0 Å². The Morgan fingerprint density at radius 1 is 1.45 bits per heavy atom. The second kappa shape index (κ2) is 2.20. The minimum Gasteiger partial charge on any atom is -0.299 e. The van der Waals surface area contributed by atoms with Gasteiger partial charge in [0.15, 0.2) is 0 Å². The Morgan fingerprint density at radius 3 is 2.64 bits per heavy atom. The number of hydrogen-bond donors (Lipinski definition) is 0. The van der Waals surface area contributed by atoms with Crippen LogP contribution < -0.4 is 0 Å². The summed E-state index contributed by atoms with van der Waals surface area (Å²) in [7, 11) is 0. The monoisotopic (exact) mass is 150 g/mol. The normalized spacial score (nSPS) is 35.2. The molecule has 2 unspecified atom stereocenters. The van der Waals surface area contributed by atoms with Gasteiger partial charge in [0.2, 0.25) is 0 Å². The minimum atomic E-state index is 0.396. The van der Waals surface area contributed by atoms with E-state index in [2.05, 4.69) is 19.9 Å². The van der Waals surface area contributed by atoms with Gasteiger partial charge in [-0.1, -0.05) is 25.5 Å². The molecule has 60 valence electrons. The first kappa shape index (κ1) is 7.08. The van der Waals surface area contributed by atoms with Crippen molar-refractivity contribution < 1.29 is 4.79 Å².